The van der Waals surface area contributed by atoms with Crippen LogP contribution in [-0.2, 0) is 37.4 Å². The molecule has 7 atom stereocenters. The summed E-state index contributed by atoms with van der Waals surface area (Å²) in [4.78, 5) is 37.8. The molecule has 0 aromatic carbocycles. The molecule has 60 heavy (non-hydrogen) atoms. The van der Waals surface area contributed by atoms with Crippen molar-refractivity contribution in [2.24, 2.45) is 5.92 Å². The number of aliphatic hydroxyl groups excluding tert-OH is 3. The lowest BCUT2D eigenvalue weighted by Crippen LogP contribution is -2.43. The van der Waals surface area contributed by atoms with Gasteiger partial charge in [0.2, 0.25) is 0 Å². The molecule has 0 spiro atoms. The minimum absolute atomic E-state index is 0.0198. The summed E-state index contributed by atoms with van der Waals surface area (Å²) in [5.41, 5.74) is 0. The number of quaternary nitrogens is 1. The van der Waals surface area contributed by atoms with E-state index < -0.39 is 57.1 Å². The van der Waals surface area contributed by atoms with Crippen LogP contribution in [0.1, 0.15) is 136 Å². The Morgan fingerprint density at radius 1 is 0.800 bits per heavy atom. The second-order valence-corrected chi connectivity index (χ2v) is 18.0. The summed E-state index contributed by atoms with van der Waals surface area (Å²) >= 11 is 0. The zero-order valence-electron chi connectivity index (χ0n) is 37.4. The number of phosphoric ester groups is 1. The lowest BCUT2D eigenvalue weighted by Gasteiger charge is -2.36. The number of nitrogens with zero attached hydrogens (tertiary/aromatic N) is 1. The highest BCUT2D eigenvalue weighted by molar-refractivity contribution is 7.45. The molecule has 2 unspecified atom stereocenters. The Balaban J connectivity index is 2.58. The quantitative estimate of drug-likeness (QED) is 0.0184. The summed E-state index contributed by atoms with van der Waals surface area (Å²) in [6.45, 7) is 3.70. The second kappa shape index (κ2) is 34.1. The highest BCUT2D eigenvalue weighted by Gasteiger charge is 2.35. The van der Waals surface area contributed by atoms with E-state index in [1.165, 1.54) is 19.3 Å². The van der Waals surface area contributed by atoms with E-state index in [1.54, 1.807) is 12.2 Å². The molecule has 0 bridgehead atoms. The molecule has 0 aliphatic carbocycles. The zero-order chi connectivity index (χ0) is 44.5. The molecule has 0 aromatic rings. The average molecular weight is 870 g/mol. The predicted octanol–water partition coefficient (Wildman–Crippen LogP) is 7.94. The number of ether oxygens (including phenoxy) is 3. The van der Waals surface area contributed by atoms with Crippen LogP contribution in [0.25, 0.3) is 0 Å². The van der Waals surface area contributed by atoms with Crippen molar-refractivity contribution in [1.29, 1.82) is 0 Å². The molecule has 0 amide bonds. The molecular weight excluding hydrogens is 789 g/mol. The van der Waals surface area contributed by atoms with Gasteiger partial charge in [-0.2, -0.15) is 0 Å². The van der Waals surface area contributed by atoms with E-state index in [1.807, 2.05) is 33.3 Å². The number of esters is 2. The number of phosphoric acid groups is 1. The van der Waals surface area contributed by atoms with Crippen LogP contribution in [-0.4, -0.2) is 110 Å². The number of hydrogen-bond acceptors (Lipinski definition) is 12. The number of hydrogen-bond donors (Lipinski definition) is 3. The second-order valence-electron chi connectivity index (χ2n) is 16.6. The van der Waals surface area contributed by atoms with Crippen molar-refractivity contribution in [3.63, 3.8) is 0 Å². The number of unbranched alkanes of at least 4 members (excludes halogenated alkanes) is 8. The molecular formula is C46H80NO12P. The molecule has 0 aromatic heterocycles. The Kier molecular flexibility index (Phi) is 31.6. The molecule has 1 fully saturated rings. The fraction of sp³-hybridized carbons (Fsp3) is 0.739. The monoisotopic (exact) mass is 870 g/mol. The topological polar surface area (TPSA) is 181 Å². The van der Waals surface area contributed by atoms with Crippen molar-refractivity contribution < 1.29 is 62.1 Å². The smallest absolute Gasteiger partial charge is 0.306 e. The van der Waals surface area contributed by atoms with Gasteiger partial charge in [0.15, 0.2) is 12.4 Å². The highest BCUT2D eigenvalue weighted by atomic mass is 31.2. The summed E-state index contributed by atoms with van der Waals surface area (Å²) in [5, 5.41) is 31.0. The minimum Gasteiger partial charge on any atom is -0.756 e. The van der Waals surface area contributed by atoms with E-state index >= 15 is 0 Å². The first-order chi connectivity index (χ1) is 28.7. The summed E-state index contributed by atoms with van der Waals surface area (Å²) < 4.78 is 39.5. The van der Waals surface area contributed by atoms with Crippen molar-refractivity contribution in [1.82, 2.24) is 0 Å². The van der Waals surface area contributed by atoms with Crippen LogP contribution in [0.5, 0.6) is 0 Å². The van der Waals surface area contributed by atoms with Gasteiger partial charge in [-0.1, -0.05) is 107 Å². The highest BCUT2D eigenvalue weighted by Crippen LogP contribution is 2.38. The van der Waals surface area contributed by atoms with E-state index in [9.17, 15) is 34.4 Å². The molecule has 13 nitrogen and oxygen atoms in total. The van der Waals surface area contributed by atoms with Gasteiger partial charge in [0.1, 0.15) is 19.8 Å². The molecule has 0 saturated carbocycles. The van der Waals surface area contributed by atoms with Gasteiger partial charge in [-0.05, 0) is 70.6 Å². The van der Waals surface area contributed by atoms with E-state index in [4.69, 9.17) is 23.3 Å². The fourth-order valence-corrected chi connectivity index (χ4v) is 6.90. The number of aliphatic hydroxyl groups is 3. The number of likely N-dealkylation sites (N-methyl/N-ethyl adjacent to an activating group) is 1. The molecule has 1 rings (SSSR count). The van der Waals surface area contributed by atoms with Gasteiger partial charge in [-0.15, -0.1) is 0 Å². The molecule has 14 heteroatoms. The van der Waals surface area contributed by atoms with Gasteiger partial charge in [0.25, 0.3) is 7.82 Å². The molecule has 0 radical (unpaired) electrons. The Morgan fingerprint density at radius 2 is 1.40 bits per heavy atom. The SMILES string of the molecule is CCCCC/C=C\C/C=C\C/C=C\CCCCC(=O)OC[C@H](COP(=O)([O-])OCC[N+](C)(C)C)OC(=O)CCC/C=C\C[C@H]1[C@@H](O)CC(O)O[C@@H]1/C=C/[C@@H](O)CCCCC. The fourth-order valence-electron chi connectivity index (χ4n) is 6.17. The van der Waals surface area contributed by atoms with E-state index in [0.717, 1.165) is 51.4 Å². The third-order valence-electron chi connectivity index (χ3n) is 9.81. The van der Waals surface area contributed by atoms with Crippen LogP contribution < -0.4 is 4.89 Å². The molecule has 3 N–H and O–H groups in total. The van der Waals surface area contributed by atoms with Crippen molar-refractivity contribution in [3.05, 3.63) is 60.8 Å². The van der Waals surface area contributed by atoms with Gasteiger partial charge in [-0.3, -0.25) is 14.2 Å². The third-order valence-corrected chi connectivity index (χ3v) is 10.8. The van der Waals surface area contributed by atoms with Gasteiger partial charge < -0.3 is 48.0 Å². The molecule has 1 aliphatic rings. The van der Waals surface area contributed by atoms with E-state index in [-0.39, 0.29) is 38.4 Å². The number of carbonyl (C=O) groups excluding carboxylic acids is 2. The largest absolute Gasteiger partial charge is 0.756 e. The number of rotatable bonds is 35. The van der Waals surface area contributed by atoms with Crippen LogP contribution in [0, 0.1) is 5.92 Å². The average Bonchev–Trinajstić information content (AvgIpc) is 3.18. The zero-order valence-corrected chi connectivity index (χ0v) is 38.3. The maximum atomic E-state index is 12.8. The maximum absolute atomic E-state index is 12.8. The first kappa shape index (κ1) is 55.6. The van der Waals surface area contributed by atoms with Gasteiger partial charge in [0, 0.05) is 25.2 Å². The van der Waals surface area contributed by atoms with Crippen LogP contribution >= 0.6 is 7.82 Å². The summed E-state index contributed by atoms with van der Waals surface area (Å²) in [6, 6.07) is 0. The van der Waals surface area contributed by atoms with E-state index in [0.29, 0.717) is 43.1 Å². The lowest BCUT2D eigenvalue weighted by molar-refractivity contribution is -0.870. The number of allylic oxidation sites excluding steroid dienone is 8. The summed E-state index contributed by atoms with van der Waals surface area (Å²) in [5.74, 6) is -1.41. The summed E-state index contributed by atoms with van der Waals surface area (Å²) in [7, 11) is 0.967. The van der Waals surface area contributed by atoms with Crippen LogP contribution in [0.4, 0.5) is 0 Å². The first-order valence-corrected chi connectivity index (χ1v) is 23.8. The van der Waals surface area contributed by atoms with Gasteiger partial charge in [-0.25, -0.2) is 0 Å². The number of carbonyl (C=O) groups is 2. The molecule has 1 aliphatic heterocycles. The lowest BCUT2D eigenvalue weighted by atomic mass is 9.87. The summed E-state index contributed by atoms with van der Waals surface area (Å²) in [6.07, 6.45) is 30.1. The van der Waals surface area contributed by atoms with Crippen LogP contribution in [0.2, 0.25) is 0 Å². The Morgan fingerprint density at radius 3 is 2.07 bits per heavy atom. The molecule has 1 saturated heterocycles. The van der Waals surface area contributed by atoms with E-state index in [2.05, 4.69) is 50.3 Å². The predicted molar refractivity (Wildman–Crippen MR) is 234 cm³/mol. The minimum atomic E-state index is -4.72. The Hall–Kier alpha value is -2.45. The van der Waals surface area contributed by atoms with Crippen molar-refractivity contribution in [2.75, 3.05) is 47.5 Å². The van der Waals surface area contributed by atoms with Crippen molar-refractivity contribution >= 4 is 19.8 Å². The normalized spacial score (nSPS) is 21.1. The van der Waals surface area contributed by atoms with Crippen molar-refractivity contribution in [2.45, 2.75) is 167 Å². The van der Waals surface area contributed by atoms with Gasteiger partial charge >= 0.3 is 11.9 Å². The third kappa shape index (κ3) is 31.4. The van der Waals surface area contributed by atoms with Gasteiger partial charge in [0.05, 0.1) is 46.1 Å². The standard InChI is InChI=1S/C46H80NO12P/c1-6-8-10-11-12-13-14-15-16-17-18-19-20-21-26-30-44(50)55-37-40(38-57-60(53,54)56-35-34-47(3,4)5)58-45(51)31-27-23-22-25-29-41-42(49)36-46(52)59-43(41)33-32-39(48)28-24-9-7-2/h12-13,15-16,18-19,22,25,32-33,39-43,46,48-49,52H,6-11,14,17,20-21,23-24,26-31,34-38H2,1-5H3/b13-12-,16-15-,19-18-,25-22-,33-32+/t39-,40+,41-,42-,43+,46?/m0/s1. The molecule has 1 heterocycles. The Bertz CT molecular complexity index is 1330. The van der Waals surface area contributed by atoms with Crippen LogP contribution in [0.15, 0.2) is 60.8 Å². The van der Waals surface area contributed by atoms with Crippen LogP contribution in [0.3, 0.4) is 0 Å². The maximum Gasteiger partial charge on any atom is 0.306 e. The first-order valence-electron chi connectivity index (χ1n) is 22.4. The molecule has 346 valence electrons. The van der Waals surface area contributed by atoms with Crippen molar-refractivity contribution in [3.8, 4) is 0 Å². The Labute approximate surface area is 361 Å².